The number of benzene rings is 2. The van der Waals surface area contributed by atoms with Gasteiger partial charge in [0, 0.05) is 10.4 Å². The Morgan fingerprint density at radius 1 is 1.27 bits per heavy atom. The molecule has 4 rings (SSSR count). The SMILES string of the molecule is Cc1sc(NC(=O)c2c(F)cccc2Cl)nc1-c1ccc2c(c1)OCO2. The number of nitrogens with zero attached hydrogens (tertiary/aromatic N) is 1. The molecule has 1 aromatic heterocycles. The van der Waals surface area contributed by atoms with Gasteiger partial charge >= 0.3 is 0 Å². The van der Waals surface area contributed by atoms with Crippen molar-refractivity contribution >= 4 is 34.0 Å². The van der Waals surface area contributed by atoms with Crippen molar-refractivity contribution in [1.82, 2.24) is 4.98 Å². The number of nitrogens with one attached hydrogen (secondary N) is 1. The van der Waals surface area contributed by atoms with Gasteiger partial charge in [-0.25, -0.2) is 9.37 Å². The van der Waals surface area contributed by atoms with Crippen LogP contribution in [0.3, 0.4) is 0 Å². The molecule has 0 aliphatic carbocycles. The fourth-order valence-corrected chi connectivity index (χ4v) is 3.72. The highest BCUT2D eigenvalue weighted by Gasteiger charge is 2.20. The van der Waals surface area contributed by atoms with Crippen LogP contribution >= 0.6 is 22.9 Å². The van der Waals surface area contributed by atoms with E-state index in [0.717, 1.165) is 10.4 Å². The first-order chi connectivity index (χ1) is 12.5. The minimum atomic E-state index is -0.681. The zero-order valence-corrected chi connectivity index (χ0v) is 15.1. The van der Waals surface area contributed by atoms with Gasteiger partial charge in [-0.1, -0.05) is 17.7 Å². The van der Waals surface area contributed by atoms with Gasteiger partial charge in [0.25, 0.3) is 5.91 Å². The standard InChI is InChI=1S/C18H12ClFN2O3S/c1-9-16(10-5-6-13-14(7-10)25-8-24-13)21-18(26-9)22-17(23)15-11(19)3-2-4-12(15)20/h2-7H,8H2,1H3,(H,21,22,23). The Morgan fingerprint density at radius 2 is 2.08 bits per heavy atom. The molecule has 1 aliphatic rings. The number of hydrogen-bond acceptors (Lipinski definition) is 5. The molecule has 0 unspecified atom stereocenters. The number of rotatable bonds is 3. The van der Waals surface area contributed by atoms with E-state index in [1.165, 1.54) is 29.5 Å². The van der Waals surface area contributed by atoms with E-state index in [1.807, 2.05) is 25.1 Å². The van der Waals surface area contributed by atoms with Crippen molar-refractivity contribution in [3.05, 3.63) is 57.7 Å². The Kier molecular flexibility index (Phi) is 4.26. The van der Waals surface area contributed by atoms with E-state index in [0.29, 0.717) is 22.3 Å². The fraction of sp³-hybridized carbons (Fsp3) is 0.111. The van der Waals surface area contributed by atoms with Crippen molar-refractivity contribution < 1.29 is 18.7 Å². The molecule has 1 amide bonds. The lowest BCUT2D eigenvalue weighted by atomic mass is 10.1. The first-order valence-electron chi connectivity index (χ1n) is 7.66. The zero-order valence-electron chi connectivity index (χ0n) is 13.5. The zero-order chi connectivity index (χ0) is 18.3. The highest BCUT2D eigenvalue weighted by molar-refractivity contribution is 7.16. The van der Waals surface area contributed by atoms with Gasteiger partial charge in [0.1, 0.15) is 5.82 Å². The maximum atomic E-state index is 13.9. The molecule has 0 bridgehead atoms. The Hall–Kier alpha value is -2.64. The van der Waals surface area contributed by atoms with Crippen LogP contribution < -0.4 is 14.8 Å². The third kappa shape index (κ3) is 3.00. The molecule has 5 nitrogen and oxygen atoms in total. The summed E-state index contributed by atoms with van der Waals surface area (Å²) in [5.74, 6) is 0.0151. The van der Waals surface area contributed by atoms with E-state index in [-0.39, 0.29) is 17.4 Å². The Bertz CT molecular complexity index is 1000. The predicted octanol–water partition coefficient (Wildman–Crippen LogP) is 4.89. The van der Waals surface area contributed by atoms with Crippen LogP contribution in [0.2, 0.25) is 5.02 Å². The number of carbonyl (C=O) groups is 1. The Labute approximate surface area is 157 Å². The van der Waals surface area contributed by atoms with E-state index >= 15 is 0 Å². The molecule has 26 heavy (non-hydrogen) atoms. The summed E-state index contributed by atoms with van der Waals surface area (Å²) in [6.07, 6.45) is 0. The molecular weight excluding hydrogens is 379 g/mol. The first-order valence-corrected chi connectivity index (χ1v) is 8.85. The largest absolute Gasteiger partial charge is 0.454 e. The monoisotopic (exact) mass is 390 g/mol. The molecule has 1 aliphatic heterocycles. The van der Waals surface area contributed by atoms with Crippen LogP contribution in [0.1, 0.15) is 15.2 Å². The van der Waals surface area contributed by atoms with E-state index in [2.05, 4.69) is 10.3 Å². The number of halogens is 2. The molecule has 0 saturated carbocycles. The second kappa shape index (κ2) is 6.59. The molecule has 0 fully saturated rings. The lowest BCUT2D eigenvalue weighted by Crippen LogP contribution is -2.14. The Balaban J connectivity index is 1.62. The van der Waals surface area contributed by atoms with Crippen LogP contribution in [0.15, 0.2) is 36.4 Å². The van der Waals surface area contributed by atoms with E-state index in [1.54, 1.807) is 0 Å². The van der Waals surface area contributed by atoms with Crippen molar-refractivity contribution in [3.63, 3.8) is 0 Å². The molecule has 8 heteroatoms. The minimum Gasteiger partial charge on any atom is -0.454 e. The van der Waals surface area contributed by atoms with Crippen LogP contribution in [0.5, 0.6) is 11.5 Å². The lowest BCUT2D eigenvalue weighted by Gasteiger charge is -2.05. The molecule has 0 spiro atoms. The van der Waals surface area contributed by atoms with E-state index in [4.69, 9.17) is 21.1 Å². The molecule has 0 atom stereocenters. The molecule has 1 N–H and O–H groups in total. The van der Waals surface area contributed by atoms with Gasteiger partial charge in [-0.2, -0.15) is 0 Å². The van der Waals surface area contributed by atoms with Crippen LogP contribution in [0.4, 0.5) is 9.52 Å². The number of fused-ring (bicyclic) bond motifs is 1. The summed E-state index contributed by atoms with van der Waals surface area (Å²) in [7, 11) is 0. The number of aromatic nitrogens is 1. The lowest BCUT2D eigenvalue weighted by molar-refractivity contribution is 0.102. The highest BCUT2D eigenvalue weighted by Crippen LogP contribution is 2.38. The summed E-state index contributed by atoms with van der Waals surface area (Å²) in [6, 6.07) is 9.61. The third-order valence-electron chi connectivity index (χ3n) is 3.85. The average molecular weight is 391 g/mol. The van der Waals surface area contributed by atoms with Gasteiger partial charge in [-0.15, -0.1) is 11.3 Å². The maximum Gasteiger partial charge on any atom is 0.261 e. The number of carbonyl (C=O) groups excluding carboxylic acids is 1. The van der Waals surface area contributed by atoms with E-state index < -0.39 is 11.7 Å². The highest BCUT2D eigenvalue weighted by atomic mass is 35.5. The third-order valence-corrected chi connectivity index (χ3v) is 5.05. The van der Waals surface area contributed by atoms with E-state index in [9.17, 15) is 9.18 Å². The van der Waals surface area contributed by atoms with Crippen molar-refractivity contribution in [2.75, 3.05) is 12.1 Å². The number of anilines is 1. The number of hydrogen-bond donors (Lipinski definition) is 1. The van der Waals surface area contributed by atoms with Crippen LogP contribution in [0, 0.1) is 12.7 Å². The summed E-state index contributed by atoms with van der Waals surface area (Å²) in [5, 5.41) is 3.02. The quantitative estimate of drug-likeness (QED) is 0.691. The molecule has 3 aromatic rings. The molecule has 132 valence electrons. The average Bonchev–Trinajstić information content (AvgIpc) is 3.20. The summed E-state index contributed by atoms with van der Waals surface area (Å²) in [5.41, 5.74) is 1.35. The molecule has 0 radical (unpaired) electrons. The molecule has 2 aromatic carbocycles. The molecule has 2 heterocycles. The second-order valence-corrected chi connectivity index (χ2v) is 7.15. The van der Waals surface area contributed by atoms with Crippen molar-refractivity contribution in [3.8, 4) is 22.8 Å². The van der Waals surface area contributed by atoms with Gasteiger partial charge in [-0.05, 0) is 37.3 Å². The number of ether oxygens (including phenoxy) is 2. The summed E-state index contributed by atoms with van der Waals surface area (Å²) < 4.78 is 24.6. The first kappa shape index (κ1) is 16.8. The van der Waals surface area contributed by atoms with Crippen LogP contribution in [-0.4, -0.2) is 17.7 Å². The summed E-state index contributed by atoms with van der Waals surface area (Å²) in [4.78, 5) is 17.7. The predicted molar refractivity (Wildman–Crippen MR) is 97.8 cm³/mol. The summed E-state index contributed by atoms with van der Waals surface area (Å²) >= 11 is 7.23. The van der Waals surface area contributed by atoms with Gasteiger partial charge in [0.15, 0.2) is 16.6 Å². The van der Waals surface area contributed by atoms with Gasteiger partial charge in [-0.3, -0.25) is 10.1 Å². The number of thiazole rings is 1. The van der Waals surface area contributed by atoms with Crippen LogP contribution in [0.25, 0.3) is 11.3 Å². The van der Waals surface area contributed by atoms with Crippen molar-refractivity contribution in [2.45, 2.75) is 6.92 Å². The topological polar surface area (TPSA) is 60.5 Å². The second-order valence-electron chi connectivity index (χ2n) is 5.54. The van der Waals surface area contributed by atoms with Crippen molar-refractivity contribution in [1.29, 1.82) is 0 Å². The number of amides is 1. The van der Waals surface area contributed by atoms with Crippen molar-refractivity contribution in [2.24, 2.45) is 0 Å². The van der Waals surface area contributed by atoms with Gasteiger partial charge < -0.3 is 9.47 Å². The van der Waals surface area contributed by atoms with Crippen LogP contribution in [-0.2, 0) is 0 Å². The Morgan fingerprint density at radius 3 is 2.88 bits per heavy atom. The normalized spacial score (nSPS) is 12.3. The van der Waals surface area contributed by atoms with Gasteiger partial charge in [0.05, 0.1) is 16.3 Å². The maximum absolute atomic E-state index is 13.9. The molecular formula is C18H12ClFN2O3S. The number of aryl methyl sites for hydroxylation is 1. The van der Waals surface area contributed by atoms with Gasteiger partial charge in [0.2, 0.25) is 6.79 Å². The fourth-order valence-electron chi connectivity index (χ4n) is 2.64. The minimum absolute atomic E-state index is 0.0479. The smallest absolute Gasteiger partial charge is 0.261 e. The summed E-state index contributed by atoms with van der Waals surface area (Å²) in [6.45, 7) is 2.09. The molecule has 0 saturated heterocycles.